The molecule has 2 amide bonds. The summed E-state index contributed by atoms with van der Waals surface area (Å²) < 4.78 is 0. The molecule has 0 saturated carbocycles. The van der Waals surface area contributed by atoms with Crippen LogP contribution in [0.4, 0.5) is 0 Å². The van der Waals surface area contributed by atoms with Gasteiger partial charge < -0.3 is 5.32 Å². The summed E-state index contributed by atoms with van der Waals surface area (Å²) in [5.74, 6) is 3.27. The highest BCUT2D eigenvalue weighted by molar-refractivity contribution is 7.12. The van der Waals surface area contributed by atoms with E-state index in [2.05, 4.69) is 5.32 Å². The van der Waals surface area contributed by atoms with Gasteiger partial charge in [0.05, 0.1) is 6.04 Å². The number of carbonyl (C=O) groups excluding carboxylic acids is 2. The summed E-state index contributed by atoms with van der Waals surface area (Å²) in [5, 5.41) is 2.54. The molecule has 0 aliphatic carbocycles. The molecule has 0 saturated heterocycles. The molecule has 0 fully saturated rings. The van der Waals surface area contributed by atoms with E-state index in [4.69, 9.17) is 5.84 Å². The molecule has 5 nitrogen and oxygen atoms in total. The Hall–Kier alpha value is -1.40. The Kier molecular flexibility index (Phi) is 3.81. The largest absolute Gasteiger partial charge is 0.340 e. The molecule has 0 aliphatic heterocycles. The lowest BCUT2D eigenvalue weighted by atomic mass is 10.2. The van der Waals surface area contributed by atoms with Crippen molar-refractivity contribution >= 4 is 23.2 Å². The van der Waals surface area contributed by atoms with Gasteiger partial charge in [-0.3, -0.25) is 15.0 Å². The van der Waals surface area contributed by atoms with Gasteiger partial charge in [0.25, 0.3) is 0 Å². The van der Waals surface area contributed by atoms with E-state index in [1.807, 2.05) is 26.0 Å². The first-order chi connectivity index (χ1) is 7.04. The molecule has 0 aliphatic rings. The lowest BCUT2D eigenvalue weighted by Gasteiger charge is -2.10. The van der Waals surface area contributed by atoms with Crippen LogP contribution in [-0.2, 0) is 9.59 Å². The number of hydrogen-bond donors (Lipinski definition) is 3. The van der Waals surface area contributed by atoms with E-state index >= 15 is 0 Å². The molecule has 15 heavy (non-hydrogen) atoms. The highest BCUT2D eigenvalue weighted by Crippen LogP contribution is 2.21. The highest BCUT2D eigenvalue weighted by atomic mass is 32.1. The van der Waals surface area contributed by atoms with Gasteiger partial charge >= 0.3 is 11.8 Å². The van der Waals surface area contributed by atoms with Gasteiger partial charge in [-0.05, 0) is 26.0 Å². The standard InChI is InChI=1S/C9H13N3O2S/c1-5-3-4-7(15-5)6(2)11-8(13)9(14)12-10/h3-4,6H,10H2,1-2H3,(H,11,13)(H,12,14). The van der Waals surface area contributed by atoms with Gasteiger partial charge in [0.1, 0.15) is 0 Å². The summed E-state index contributed by atoms with van der Waals surface area (Å²) in [6, 6.07) is 3.70. The molecule has 1 heterocycles. The fraction of sp³-hybridized carbons (Fsp3) is 0.333. The zero-order chi connectivity index (χ0) is 11.4. The zero-order valence-electron chi connectivity index (χ0n) is 8.53. The summed E-state index contributed by atoms with van der Waals surface area (Å²) >= 11 is 1.58. The minimum absolute atomic E-state index is 0.187. The number of aryl methyl sites for hydroxylation is 1. The average Bonchev–Trinajstić information content (AvgIpc) is 2.63. The molecule has 4 N–H and O–H groups in total. The molecule has 1 atom stereocenters. The van der Waals surface area contributed by atoms with Crippen LogP contribution in [0.1, 0.15) is 22.7 Å². The minimum Gasteiger partial charge on any atom is -0.340 e. The maximum absolute atomic E-state index is 11.2. The summed E-state index contributed by atoms with van der Waals surface area (Å²) in [5.41, 5.74) is 1.78. The van der Waals surface area contributed by atoms with Gasteiger partial charge in [-0.1, -0.05) is 0 Å². The van der Waals surface area contributed by atoms with Crippen LogP contribution in [0.2, 0.25) is 0 Å². The van der Waals surface area contributed by atoms with Gasteiger partial charge in [-0.2, -0.15) is 0 Å². The van der Waals surface area contributed by atoms with Crippen LogP contribution in [-0.4, -0.2) is 11.8 Å². The van der Waals surface area contributed by atoms with E-state index in [0.29, 0.717) is 0 Å². The third kappa shape index (κ3) is 3.03. The summed E-state index contributed by atoms with van der Waals surface area (Å²) in [4.78, 5) is 24.2. The molecule has 82 valence electrons. The molecule has 1 aromatic heterocycles. The first kappa shape index (κ1) is 11.7. The molecule has 0 bridgehead atoms. The monoisotopic (exact) mass is 227 g/mol. The van der Waals surface area contributed by atoms with Crippen molar-refractivity contribution in [1.82, 2.24) is 10.7 Å². The van der Waals surface area contributed by atoms with E-state index in [-0.39, 0.29) is 6.04 Å². The predicted octanol–water partition coefficient (Wildman–Crippen LogP) is 0.224. The van der Waals surface area contributed by atoms with Crippen LogP contribution < -0.4 is 16.6 Å². The Morgan fingerprint density at radius 2 is 2.07 bits per heavy atom. The van der Waals surface area contributed by atoms with Crippen LogP contribution in [0.5, 0.6) is 0 Å². The van der Waals surface area contributed by atoms with Crippen molar-refractivity contribution in [1.29, 1.82) is 0 Å². The molecule has 1 rings (SSSR count). The van der Waals surface area contributed by atoms with E-state index in [1.165, 1.54) is 0 Å². The van der Waals surface area contributed by atoms with E-state index in [9.17, 15) is 9.59 Å². The molecule has 6 heteroatoms. The van der Waals surface area contributed by atoms with E-state index in [0.717, 1.165) is 9.75 Å². The van der Waals surface area contributed by atoms with Crippen molar-refractivity contribution in [2.24, 2.45) is 5.84 Å². The third-order valence-electron chi connectivity index (χ3n) is 1.87. The maximum Gasteiger partial charge on any atom is 0.323 e. The lowest BCUT2D eigenvalue weighted by Crippen LogP contribution is -2.43. The van der Waals surface area contributed by atoms with Gasteiger partial charge in [0.15, 0.2) is 0 Å². The predicted molar refractivity (Wildman–Crippen MR) is 57.9 cm³/mol. The molecule has 1 aromatic rings. The number of hydrazine groups is 1. The van der Waals surface area contributed by atoms with Gasteiger partial charge in [0, 0.05) is 9.75 Å². The number of nitrogens with two attached hydrogens (primary N) is 1. The Bertz CT molecular complexity index is 375. The van der Waals surface area contributed by atoms with E-state index in [1.54, 1.807) is 16.8 Å². The van der Waals surface area contributed by atoms with Crippen molar-refractivity contribution < 1.29 is 9.59 Å². The highest BCUT2D eigenvalue weighted by Gasteiger charge is 2.16. The van der Waals surface area contributed by atoms with Crippen LogP contribution >= 0.6 is 11.3 Å². The normalized spacial score (nSPS) is 11.9. The Labute approximate surface area is 91.6 Å². The van der Waals surface area contributed by atoms with Gasteiger partial charge in [-0.15, -0.1) is 11.3 Å². The third-order valence-corrected chi connectivity index (χ3v) is 3.06. The number of thiophene rings is 1. The Morgan fingerprint density at radius 1 is 1.40 bits per heavy atom. The quantitative estimate of drug-likeness (QED) is 0.292. The Morgan fingerprint density at radius 3 is 2.53 bits per heavy atom. The Balaban J connectivity index is 2.60. The van der Waals surface area contributed by atoms with Gasteiger partial charge in [-0.25, -0.2) is 5.84 Å². The number of nitrogens with one attached hydrogen (secondary N) is 2. The smallest absolute Gasteiger partial charge is 0.323 e. The summed E-state index contributed by atoms with van der Waals surface area (Å²) in [7, 11) is 0. The first-order valence-corrected chi connectivity index (χ1v) is 5.24. The number of rotatable bonds is 2. The number of hydrogen-bond acceptors (Lipinski definition) is 4. The number of carbonyl (C=O) groups is 2. The average molecular weight is 227 g/mol. The maximum atomic E-state index is 11.2. The molecule has 0 radical (unpaired) electrons. The fourth-order valence-electron chi connectivity index (χ4n) is 1.09. The molecule has 0 aromatic carbocycles. The van der Waals surface area contributed by atoms with Crippen molar-refractivity contribution in [3.05, 3.63) is 21.9 Å². The van der Waals surface area contributed by atoms with Crippen LogP contribution in [0, 0.1) is 6.92 Å². The second kappa shape index (κ2) is 4.90. The number of amides is 2. The van der Waals surface area contributed by atoms with E-state index < -0.39 is 11.8 Å². The second-order valence-electron chi connectivity index (χ2n) is 3.12. The second-order valence-corrected chi connectivity index (χ2v) is 4.44. The molecule has 1 unspecified atom stereocenters. The van der Waals surface area contributed by atoms with Crippen molar-refractivity contribution in [3.63, 3.8) is 0 Å². The van der Waals surface area contributed by atoms with Crippen LogP contribution in [0.25, 0.3) is 0 Å². The lowest BCUT2D eigenvalue weighted by molar-refractivity contribution is -0.139. The molecule has 0 spiro atoms. The van der Waals surface area contributed by atoms with Crippen molar-refractivity contribution in [2.75, 3.05) is 0 Å². The van der Waals surface area contributed by atoms with Crippen molar-refractivity contribution in [3.8, 4) is 0 Å². The fourth-order valence-corrected chi connectivity index (χ4v) is 1.96. The SMILES string of the molecule is Cc1ccc(C(C)NC(=O)C(=O)NN)s1. The summed E-state index contributed by atoms with van der Waals surface area (Å²) in [6.07, 6.45) is 0. The molecular formula is C9H13N3O2S. The first-order valence-electron chi connectivity index (χ1n) is 4.42. The zero-order valence-corrected chi connectivity index (χ0v) is 9.35. The topological polar surface area (TPSA) is 84.2 Å². The van der Waals surface area contributed by atoms with Crippen LogP contribution in [0.15, 0.2) is 12.1 Å². The molecular weight excluding hydrogens is 214 g/mol. The van der Waals surface area contributed by atoms with Gasteiger partial charge in [0.2, 0.25) is 0 Å². The van der Waals surface area contributed by atoms with Crippen LogP contribution in [0.3, 0.4) is 0 Å². The van der Waals surface area contributed by atoms with Crippen molar-refractivity contribution in [2.45, 2.75) is 19.9 Å². The summed E-state index contributed by atoms with van der Waals surface area (Å²) in [6.45, 7) is 3.79. The minimum atomic E-state index is -0.838.